The van der Waals surface area contributed by atoms with E-state index in [2.05, 4.69) is 61.5 Å². The SMILES string of the molecule is CN(C)CCc1cccc2c1C1Cc3ccccc3C2C1.Cl. The van der Waals surface area contributed by atoms with Crippen LogP contribution in [0, 0.1) is 0 Å². The fourth-order valence-corrected chi connectivity index (χ4v) is 4.33. The molecule has 0 radical (unpaired) electrons. The first kappa shape index (κ1) is 15.6. The van der Waals surface area contributed by atoms with Crippen molar-refractivity contribution in [2.24, 2.45) is 0 Å². The molecule has 0 heterocycles. The Balaban J connectivity index is 0.00000144. The van der Waals surface area contributed by atoms with Crippen molar-refractivity contribution >= 4 is 12.4 Å². The Labute approximate surface area is 139 Å². The third kappa shape index (κ3) is 2.47. The summed E-state index contributed by atoms with van der Waals surface area (Å²) in [5, 5.41) is 0. The van der Waals surface area contributed by atoms with E-state index in [1.165, 1.54) is 19.3 Å². The lowest BCUT2D eigenvalue weighted by molar-refractivity contribution is 0.412. The van der Waals surface area contributed by atoms with E-state index in [1.54, 1.807) is 27.8 Å². The van der Waals surface area contributed by atoms with Crippen molar-refractivity contribution in [1.82, 2.24) is 4.90 Å². The topological polar surface area (TPSA) is 3.24 Å². The van der Waals surface area contributed by atoms with Crippen LogP contribution in [0.2, 0.25) is 0 Å². The Morgan fingerprint density at radius 3 is 2.59 bits per heavy atom. The highest BCUT2D eigenvalue weighted by molar-refractivity contribution is 5.85. The summed E-state index contributed by atoms with van der Waals surface area (Å²) in [6.07, 6.45) is 3.74. The summed E-state index contributed by atoms with van der Waals surface area (Å²) in [5.41, 5.74) is 8.04. The molecule has 2 aliphatic rings. The maximum atomic E-state index is 2.38. The number of likely N-dealkylation sites (N-methyl/N-ethyl adjacent to an activating group) is 1. The molecule has 22 heavy (non-hydrogen) atoms. The van der Waals surface area contributed by atoms with Crippen LogP contribution >= 0.6 is 12.4 Å². The average Bonchev–Trinajstić information content (AvgIpc) is 2.80. The molecule has 2 unspecified atom stereocenters. The first-order valence-electron chi connectivity index (χ1n) is 8.08. The number of benzene rings is 2. The Morgan fingerprint density at radius 2 is 1.77 bits per heavy atom. The van der Waals surface area contributed by atoms with Gasteiger partial charge in [0, 0.05) is 12.5 Å². The van der Waals surface area contributed by atoms with Crippen molar-refractivity contribution in [3.8, 4) is 0 Å². The zero-order valence-corrected chi connectivity index (χ0v) is 14.2. The molecular weight excluding hydrogens is 290 g/mol. The molecule has 0 N–H and O–H groups in total. The summed E-state index contributed by atoms with van der Waals surface area (Å²) in [6.45, 7) is 1.14. The van der Waals surface area contributed by atoms with Crippen LogP contribution in [0.15, 0.2) is 42.5 Å². The third-order valence-corrected chi connectivity index (χ3v) is 5.26. The minimum absolute atomic E-state index is 0. The highest BCUT2D eigenvalue weighted by atomic mass is 35.5. The lowest BCUT2D eigenvalue weighted by Crippen LogP contribution is -2.16. The van der Waals surface area contributed by atoms with Gasteiger partial charge in [-0.3, -0.25) is 0 Å². The van der Waals surface area contributed by atoms with Gasteiger partial charge in [-0.2, -0.15) is 0 Å². The summed E-state index contributed by atoms with van der Waals surface area (Å²) in [4.78, 5) is 2.29. The second-order valence-corrected chi connectivity index (χ2v) is 6.86. The quantitative estimate of drug-likeness (QED) is 0.812. The Bertz CT molecular complexity index is 677. The van der Waals surface area contributed by atoms with Gasteiger partial charge in [-0.1, -0.05) is 42.5 Å². The molecule has 116 valence electrons. The van der Waals surface area contributed by atoms with E-state index in [1.807, 2.05) is 0 Å². The number of fused-ring (bicyclic) bond motifs is 7. The van der Waals surface area contributed by atoms with Gasteiger partial charge in [-0.05, 0) is 67.1 Å². The molecule has 2 aromatic carbocycles. The molecule has 4 rings (SSSR count). The molecule has 0 aliphatic heterocycles. The van der Waals surface area contributed by atoms with E-state index in [0.29, 0.717) is 5.92 Å². The van der Waals surface area contributed by atoms with Crippen LogP contribution in [0.5, 0.6) is 0 Å². The molecule has 0 aromatic heterocycles. The molecule has 2 heteroatoms. The van der Waals surface area contributed by atoms with Gasteiger partial charge in [0.25, 0.3) is 0 Å². The summed E-state index contributed by atoms with van der Waals surface area (Å²) in [7, 11) is 4.33. The van der Waals surface area contributed by atoms with Gasteiger partial charge in [-0.25, -0.2) is 0 Å². The number of rotatable bonds is 3. The van der Waals surface area contributed by atoms with E-state index < -0.39 is 0 Å². The van der Waals surface area contributed by atoms with E-state index in [4.69, 9.17) is 0 Å². The lowest BCUT2D eigenvalue weighted by Gasteiger charge is -2.23. The van der Waals surface area contributed by atoms with Gasteiger partial charge in [0.1, 0.15) is 0 Å². The predicted molar refractivity (Wildman–Crippen MR) is 95.3 cm³/mol. The van der Waals surface area contributed by atoms with Crippen LogP contribution in [0.4, 0.5) is 0 Å². The van der Waals surface area contributed by atoms with E-state index in [-0.39, 0.29) is 12.4 Å². The molecule has 0 saturated heterocycles. The molecular formula is C20H24ClN. The Hall–Kier alpha value is -1.31. The maximum Gasteiger partial charge on any atom is 0.0101 e. The van der Waals surface area contributed by atoms with E-state index >= 15 is 0 Å². The van der Waals surface area contributed by atoms with Crippen molar-refractivity contribution in [1.29, 1.82) is 0 Å². The van der Waals surface area contributed by atoms with Crippen molar-refractivity contribution in [2.45, 2.75) is 31.1 Å². The molecule has 0 spiro atoms. The number of hydrogen-bond acceptors (Lipinski definition) is 1. The normalized spacial score (nSPS) is 21.2. The molecule has 2 atom stereocenters. The zero-order valence-electron chi connectivity index (χ0n) is 13.4. The Morgan fingerprint density at radius 1 is 1.00 bits per heavy atom. The van der Waals surface area contributed by atoms with Gasteiger partial charge in [0.05, 0.1) is 0 Å². The second kappa shape index (κ2) is 6.06. The highest BCUT2D eigenvalue weighted by Gasteiger charge is 2.38. The van der Waals surface area contributed by atoms with Crippen molar-refractivity contribution in [2.75, 3.05) is 20.6 Å². The van der Waals surface area contributed by atoms with Gasteiger partial charge >= 0.3 is 0 Å². The minimum Gasteiger partial charge on any atom is -0.309 e. The van der Waals surface area contributed by atoms with Crippen LogP contribution in [-0.2, 0) is 12.8 Å². The fourth-order valence-electron chi connectivity index (χ4n) is 4.33. The lowest BCUT2D eigenvalue weighted by atomic mass is 9.81. The molecule has 2 aliphatic carbocycles. The van der Waals surface area contributed by atoms with Crippen LogP contribution in [-0.4, -0.2) is 25.5 Å². The van der Waals surface area contributed by atoms with Gasteiger partial charge in [0.2, 0.25) is 0 Å². The average molecular weight is 314 g/mol. The first-order chi connectivity index (χ1) is 10.2. The van der Waals surface area contributed by atoms with Crippen molar-refractivity contribution in [3.05, 3.63) is 70.3 Å². The van der Waals surface area contributed by atoms with E-state index in [9.17, 15) is 0 Å². The molecule has 1 nitrogen and oxygen atoms in total. The maximum absolute atomic E-state index is 2.38. The molecule has 0 fully saturated rings. The zero-order chi connectivity index (χ0) is 14.4. The Kier molecular flexibility index (Phi) is 4.29. The molecule has 2 aromatic rings. The fraction of sp³-hybridized carbons (Fsp3) is 0.400. The third-order valence-electron chi connectivity index (χ3n) is 5.26. The summed E-state index contributed by atoms with van der Waals surface area (Å²) >= 11 is 0. The van der Waals surface area contributed by atoms with Gasteiger partial charge < -0.3 is 4.90 Å². The van der Waals surface area contributed by atoms with Gasteiger partial charge in [-0.15, -0.1) is 12.4 Å². The van der Waals surface area contributed by atoms with Crippen LogP contribution in [0.1, 0.15) is 46.1 Å². The summed E-state index contributed by atoms with van der Waals surface area (Å²) < 4.78 is 0. The largest absolute Gasteiger partial charge is 0.309 e. The van der Waals surface area contributed by atoms with E-state index in [0.717, 1.165) is 12.5 Å². The minimum atomic E-state index is 0. The standard InChI is InChI=1S/C20H23N.ClH/c1-21(2)11-10-14-7-5-9-18-19-13-16(20(14)18)12-15-6-3-4-8-17(15)19;/h3-9,16,19H,10-13H2,1-2H3;1H. The first-order valence-corrected chi connectivity index (χ1v) is 8.08. The molecule has 0 saturated carbocycles. The van der Waals surface area contributed by atoms with Crippen LogP contribution in [0.25, 0.3) is 0 Å². The number of hydrogen-bond donors (Lipinski definition) is 0. The van der Waals surface area contributed by atoms with Crippen molar-refractivity contribution < 1.29 is 0 Å². The number of nitrogens with zero attached hydrogens (tertiary/aromatic N) is 1. The van der Waals surface area contributed by atoms with Crippen molar-refractivity contribution in [3.63, 3.8) is 0 Å². The monoisotopic (exact) mass is 313 g/mol. The summed E-state index contributed by atoms with van der Waals surface area (Å²) in [6, 6.07) is 16.1. The number of halogens is 1. The molecule has 2 bridgehead atoms. The van der Waals surface area contributed by atoms with Crippen LogP contribution in [0.3, 0.4) is 0 Å². The smallest absolute Gasteiger partial charge is 0.0101 e. The summed E-state index contributed by atoms with van der Waals surface area (Å²) in [5.74, 6) is 1.40. The molecule has 0 amide bonds. The highest BCUT2D eigenvalue weighted by Crippen LogP contribution is 2.52. The second-order valence-electron chi connectivity index (χ2n) is 6.86. The van der Waals surface area contributed by atoms with Crippen LogP contribution < -0.4 is 0 Å². The van der Waals surface area contributed by atoms with Gasteiger partial charge in [0.15, 0.2) is 0 Å². The predicted octanol–water partition coefficient (Wildman–Crippen LogP) is 4.39.